The second-order valence-corrected chi connectivity index (χ2v) is 7.31. The number of hydrogen-bond donors (Lipinski definition) is 0. The second-order valence-electron chi connectivity index (χ2n) is 6.87. The first-order valence-corrected chi connectivity index (χ1v) is 9.63. The Kier molecular flexibility index (Phi) is 6.45. The largest absolute Gasteiger partial charge is 0.342 e. The third kappa shape index (κ3) is 4.95. The standard InChI is InChI=1S/C22H24ClNO2/c23-20-11-9-17(10-12-20)19-8-4-5-15-24(16-19)22(26)14-13-21(25)18-6-2-1-3-7-18/h1-3,6-7,9-12,19H,4-5,8,13-16H2. The Labute approximate surface area is 160 Å². The third-order valence-corrected chi connectivity index (χ3v) is 5.28. The van der Waals surface area contributed by atoms with Crippen molar-refractivity contribution < 1.29 is 9.59 Å². The van der Waals surface area contributed by atoms with Gasteiger partial charge in [0.25, 0.3) is 0 Å². The molecule has 4 heteroatoms. The van der Waals surface area contributed by atoms with E-state index in [1.54, 1.807) is 12.1 Å². The highest BCUT2D eigenvalue weighted by Gasteiger charge is 2.23. The van der Waals surface area contributed by atoms with E-state index >= 15 is 0 Å². The van der Waals surface area contributed by atoms with Crippen LogP contribution in [0.15, 0.2) is 54.6 Å². The van der Waals surface area contributed by atoms with E-state index in [0.29, 0.717) is 11.5 Å². The van der Waals surface area contributed by atoms with Crippen molar-refractivity contribution >= 4 is 23.3 Å². The number of Topliss-reactive ketones (excluding diaryl/α,β-unsaturated/α-hetero) is 1. The molecule has 26 heavy (non-hydrogen) atoms. The zero-order valence-electron chi connectivity index (χ0n) is 14.9. The number of carbonyl (C=O) groups excluding carboxylic acids is 2. The summed E-state index contributed by atoms with van der Waals surface area (Å²) in [7, 11) is 0. The highest BCUT2D eigenvalue weighted by Crippen LogP contribution is 2.28. The average Bonchev–Trinajstić information content (AvgIpc) is 2.93. The molecule has 2 aromatic carbocycles. The molecule has 1 amide bonds. The first kappa shape index (κ1) is 18.7. The van der Waals surface area contributed by atoms with Gasteiger partial charge < -0.3 is 4.90 Å². The summed E-state index contributed by atoms with van der Waals surface area (Å²) in [6.07, 6.45) is 3.75. The van der Waals surface area contributed by atoms with Gasteiger partial charge in [0, 0.05) is 42.4 Å². The van der Waals surface area contributed by atoms with Crippen LogP contribution in [-0.2, 0) is 4.79 Å². The lowest BCUT2D eigenvalue weighted by atomic mass is 9.94. The van der Waals surface area contributed by atoms with E-state index in [1.807, 2.05) is 35.2 Å². The molecule has 1 fully saturated rings. The van der Waals surface area contributed by atoms with Crippen molar-refractivity contribution in [2.75, 3.05) is 13.1 Å². The summed E-state index contributed by atoms with van der Waals surface area (Å²) in [5.41, 5.74) is 1.91. The topological polar surface area (TPSA) is 37.4 Å². The van der Waals surface area contributed by atoms with E-state index in [1.165, 1.54) is 5.56 Å². The van der Waals surface area contributed by atoms with Gasteiger partial charge >= 0.3 is 0 Å². The highest BCUT2D eigenvalue weighted by atomic mass is 35.5. The van der Waals surface area contributed by atoms with Gasteiger partial charge in [-0.3, -0.25) is 9.59 Å². The molecule has 0 spiro atoms. The first-order valence-electron chi connectivity index (χ1n) is 9.25. The fraction of sp³-hybridized carbons (Fsp3) is 0.364. The monoisotopic (exact) mass is 369 g/mol. The van der Waals surface area contributed by atoms with E-state index in [0.717, 1.165) is 37.4 Å². The maximum atomic E-state index is 12.7. The van der Waals surface area contributed by atoms with Gasteiger partial charge in [-0.2, -0.15) is 0 Å². The number of likely N-dealkylation sites (tertiary alicyclic amines) is 1. The molecule has 136 valence electrons. The van der Waals surface area contributed by atoms with Gasteiger partial charge in [0.05, 0.1) is 0 Å². The minimum atomic E-state index is 0.0306. The molecule has 2 aromatic rings. The number of rotatable bonds is 5. The summed E-state index contributed by atoms with van der Waals surface area (Å²) in [4.78, 5) is 26.8. The van der Waals surface area contributed by atoms with Crippen molar-refractivity contribution in [2.45, 2.75) is 38.0 Å². The van der Waals surface area contributed by atoms with E-state index < -0.39 is 0 Å². The quantitative estimate of drug-likeness (QED) is 0.687. The SMILES string of the molecule is O=C(CCC(=O)N1CCCCC(c2ccc(Cl)cc2)C1)c1ccccc1. The predicted molar refractivity (Wildman–Crippen MR) is 105 cm³/mol. The molecule has 1 aliphatic heterocycles. The summed E-state index contributed by atoms with van der Waals surface area (Å²) >= 11 is 5.99. The normalized spacial score (nSPS) is 17.6. The maximum absolute atomic E-state index is 12.7. The molecule has 1 aliphatic rings. The van der Waals surface area contributed by atoms with Crippen LogP contribution in [0.4, 0.5) is 0 Å². The van der Waals surface area contributed by atoms with Crippen LogP contribution in [0, 0.1) is 0 Å². The van der Waals surface area contributed by atoms with E-state index in [4.69, 9.17) is 11.6 Å². The maximum Gasteiger partial charge on any atom is 0.223 e. The number of amides is 1. The molecule has 1 heterocycles. The van der Waals surface area contributed by atoms with Gasteiger partial charge in [0.15, 0.2) is 5.78 Å². The lowest BCUT2D eigenvalue weighted by Gasteiger charge is -2.25. The number of carbonyl (C=O) groups is 2. The minimum Gasteiger partial charge on any atom is -0.342 e. The van der Waals surface area contributed by atoms with Crippen LogP contribution >= 0.6 is 11.6 Å². The van der Waals surface area contributed by atoms with Crippen LogP contribution in [0.1, 0.15) is 53.9 Å². The Morgan fingerprint density at radius 1 is 0.962 bits per heavy atom. The van der Waals surface area contributed by atoms with Crippen molar-refractivity contribution in [3.63, 3.8) is 0 Å². The molecule has 0 saturated carbocycles. The summed E-state index contributed by atoms with van der Waals surface area (Å²) in [5, 5.41) is 0.731. The summed E-state index contributed by atoms with van der Waals surface area (Å²) in [6, 6.07) is 17.1. The molecule has 0 bridgehead atoms. The van der Waals surface area contributed by atoms with E-state index in [2.05, 4.69) is 12.1 Å². The Hall–Kier alpha value is -2.13. The minimum absolute atomic E-state index is 0.0306. The summed E-state index contributed by atoms with van der Waals surface area (Å²) in [5.74, 6) is 0.446. The Balaban J connectivity index is 1.59. The van der Waals surface area contributed by atoms with Gasteiger partial charge in [0.2, 0.25) is 5.91 Å². The van der Waals surface area contributed by atoms with Crippen molar-refractivity contribution in [1.82, 2.24) is 4.90 Å². The van der Waals surface area contributed by atoms with Crippen LogP contribution < -0.4 is 0 Å². The third-order valence-electron chi connectivity index (χ3n) is 5.03. The van der Waals surface area contributed by atoms with Crippen molar-refractivity contribution in [2.24, 2.45) is 0 Å². The number of benzene rings is 2. The average molecular weight is 370 g/mol. The van der Waals surface area contributed by atoms with E-state index in [-0.39, 0.29) is 24.5 Å². The molecule has 3 nitrogen and oxygen atoms in total. The van der Waals surface area contributed by atoms with Gasteiger partial charge in [-0.05, 0) is 30.5 Å². The van der Waals surface area contributed by atoms with Crippen LogP contribution in [-0.4, -0.2) is 29.7 Å². The van der Waals surface area contributed by atoms with Crippen molar-refractivity contribution in [3.8, 4) is 0 Å². The highest BCUT2D eigenvalue weighted by molar-refractivity contribution is 6.30. The second kappa shape index (κ2) is 9.00. The zero-order valence-corrected chi connectivity index (χ0v) is 15.6. The Morgan fingerprint density at radius 2 is 1.69 bits per heavy atom. The fourth-order valence-electron chi connectivity index (χ4n) is 3.52. The fourth-order valence-corrected chi connectivity index (χ4v) is 3.65. The molecule has 0 radical (unpaired) electrons. The molecule has 1 unspecified atom stereocenters. The van der Waals surface area contributed by atoms with Crippen LogP contribution in [0.5, 0.6) is 0 Å². The van der Waals surface area contributed by atoms with E-state index in [9.17, 15) is 9.59 Å². The summed E-state index contributed by atoms with van der Waals surface area (Å²) in [6.45, 7) is 1.50. The Bertz CT molecular complexity index is 742. The Morgan fingerprint density at radius 3 is 2.42 bits per heavy atom. The molecule has 0 N–H and O–H groups in total. The van der Waals surface area contributed by atoms with Crippen molar-refractivity contribution in [1.29, 1.82) is 0 Å². The smallest absolute Gasteiger partial charge is 0.223 e. The molecule has 0 aromatic heterocycles. The number of nitrogens with zero attached hydrogens (tertiary/aromatic N) is 1. The van der Waals surface area contributed by atoms with Gasteiger partial charge in [-0.15, -0.1) is 0 Å². The lowest BCUT2D eigenvalue weighted by Crippen LogP contribution is -2.34. The molecular weight excluding hydrogens is 346 g/mol. The number of ketones is 1. The number of halogens is 1. The zero-order chi connectivity index (χ0) is 18.4. The van der Waals surface area contributed by atoms with Crippen LogP contribution in [0.2, 0.25) is 5.02 Å². The van der Waals surface area contributed by atoms with Gasteiger partial charge in [-0.1, -0.05) is 60.5 Å². The number of hydrogen-bond acceptors (Lipinski definition) is 2. The molecule has 1 saturated heterocycles. The summed E-state index contributed by atoms with van der Waals surface area (Å²) < 4.78 is 0. The lowest BCUT2D eigenvalue weighted by molar-refractivity contribution is -0.131. The van der Waals surface area contributed by atoms with Crippen LogP contribution in [0.25, 0.3) is 0 Å². The van der Waals surface area contributed by atoms with Crippen LogP contribution in [0.3, 0.4) is 0 Å². The molecular formula is C22H24ClNO2. The first-order chi connectivity index (χ1) is 12.6. The molecule has 0 aliphatic carbocycles. The molecule has 1 atom stereocenters. The van der Waals surface area contributed by atoms with Gasteiger partial charge in [0.1, 0.15) is 0 Å². The predicted octanol–water partition coefficient (Wildman–Crippen LogP) is 5.10. The van der Waals surface area contributed by atoms with Gasteiger partial charge in [-0.25, -0.2) is 0 Å². The molecule has 3 rings (SSSR count). The van der Waals surface area contributed by atoms with Crippen molar-refractivity contribution in [3.05, 3.63) is 70.7 Å².